The number of rotatable bonds is 4. The molecule has 17 heavy (non-hydrogen) atoms. The maximum absolute atomic E-state index is 12.5. The molecule has 2 rings (SSSR count). The molecule has 1 aromatic rings. The lowest BCUT2D eigenvalue weighted by Crippen LogP contribution is -2.35. The molecule has 1 saturated heterocycles. The molecule has 1 nitrogen and oxygen atoms in total. The Hall–Kier alpha value is -0.410. The summed E-state index contributed by atoms with van der Waals surface area (Å²) >= 11 is 3.70. The van der Waals surface area contributed by atoms with Gasteiger partial charge in [0, 0.05) is 6.42 Å². The summed E-state index contributed by atoms with van der Waals surface area (Å²) in [6, 6.07) is 10.1. The van der Waals surface area contributed by atoms with Crippen LogP contribution in [0.3, 0.4) is 0 Å². The van der Waals surface area contributed by atoms with E-state index < -0.39 is 0 Å². The van der Waals surface area contributed by atoms with Crippen molar-refractivity contribution >= 4 is 29.3 Å². The van der Waals surface area contributed by atoms with Crippen LogP contribution >= 0.6 is 23.5 Å². The van der Waals surface area contributed by atoms with Gasteiger partial charge in [0.05, 0.1) is 0 Å². The van der Waals surface area contributed by atoms with Crippen LogP contribution in [0, 0.1) is 0 Å². The average molecular weight is 266 g/mol. The Morgan fingerprint density at radius 1 is 1.24 bits per heavy atom. The molecule has 0 saturated carbocycles. The van der Waals surface area contributed by atoms with Gasteiger partial charge >= 0.3 is 0 Å². The van der Waals surface area contributed by atoms with E-state index >= 15 is 0 Å². The second-order valence-electron chi connectivity index (χ2n) is 4.24. The van der Waals surface area contributed by atoms with E-state index in [0.29, 0.717) is 12.2 Å². The second kappa shape index (κ2) is 5.96. The molecule has 1 fully saturated rings. The summed E-state index contributed by atoms with van der Waals surface area (Å²) in [5.41, 5.74) is 1.14. The number of hydrogen-bond donors (Lipinski definition) is 0. The van der Waals surface area contributed by atoms with Crippen LogP contribution in [0.1, 0.15) is 25.3 Å². The molecular weight excluding hydrogens is 248 g/mol. The standard InChI is InChI=1S/C14H18OS2/c1-2-14(16-9-6-10-17-14)13(15)11-12-7-4-3-5-8-12/h3-5,7-8H,2,6,9-11H2,1H3. The van der Waals surface area contributed by atoms with Gasteiger partial charge in [-0.2, -0.15) is 0 Å². The molecule has 0 amide bonds. The van der Waals surface area contributed by atoms with Gasteiger partial charge in [-0.3, -0.25) is 4.79 Å². The molecule has 1 aliphatic rings. The number of hydrogen-bond acceptors (Lipinski definition) is 3. The number of carbonyl (C=O) groups excluding carboxylic acids is 1. The lowest BCUT2D eigenvalue weighted by molar-refractivity contribution is -0.118. The molecular formula is C14H18OS2. The van der Waals surface area contributed by atoms with Crippen LogP contribution in [0.4, 0.5) is 0 Å². The molecule has 1 heterocycles. The van der Waals surface area contributed by atoms with Crippen molar-refractivity contribution in [3.63, 3.8) is 0 Å². The second-order valence-corrected chi connectivity index (χ2v) is 7.29. The molecule has 3 heteroatoms. The topological polar surface area (TPSA) is 17.1 Å². The van der Waals surface area contributed by atoms with Gasteiger partial charge in [-0.25, -0.2) is 0 Å². The number of thioether (sulfide) groups is 2. The van der Waals surface area contributed by atoms with Crippen molar-refractivity contribution < 1.29 is 4.79 Å². The van der Waals surface area contributed by atoms with E-state index in [1.54, 1.807) is 0 Å². The van der Waals surface area contributed by atoms with Crippen molar-refractivity contribution in [2.45, 2.75) is 30.3 Å². The Kier molecular flexibility index (Phi) is 4.57. The van der Waals surface area contributed by atoms with Crippen LogP contribution in [0.5, 0.6) is 0 Å². The summed E-state index contributed by atoms with van der Waals surface area (Å²) in [5.74, 6) is 2.64. The minimum absolute atomic E-state index is 0.173. The SMILES string of the molecule is CCC1(C(=O)Cc2ccccc2)SCCCS1. The predicted molar refractivity (Wildman–Crippen MR) is 77.7 cm³/mol. The fourth-order valence-corrected chi connectivity index (χ4v) is 5.18. The lowest BCUT2D eigenvalue weighted by Gasteiger charge is -2.33. The fourth-order valence-electron chi connectivity index (χ4n) is 2.05. The van der Waals surface area contributed by atoms with Gasteiger partial charge in [-0.15, -0.1) is 23.5 Å². The van der Waals surface area contributed by atoms with Crippen molar-refractivity contribution in [1.29, 1.82) is 0 Å². The smallest absolute Gasteiger partial charge is 0.163 e. The Morgan fingerprint density at radius 3 is 2.47 bits per heavy atom. The largest absolute Gasteiger partial charge is 0.297 e. The van der Waals surface area contributed by atoms with Crippen LogP contribution in [0.15, 0.2) is 30.3 Å². The molecule has 0 atom stereocenters. The minimum Gasteiger partial charge on any atom is -0.297 e. The normalized spacial score (nSPS) is 18.9. The fraction of sp³-hybridized carbons (Fsp3) is 0.500. The van der Waals surface area contributed by atoms with Gasteiger partial charge in [0.2, 0.25) is 0 Å². The molecule has 0 radical (unpaired) electrons. The van der Waals surface area contributed by atoms with Crippen LogP contribution in [-0.4, -0.2) is 21.4 Å². The molecule has 92 valence electrons. The average Bonchev–Trinajstić information content (AvgIpc) is 2.40. The maximum atomic E-state index is 12.5. The summed E-state index contributed by atoms with van der Waals surface area (Å²) in [5, 5.41) is 0. The van der Waals surface area contributed by atoms with E-state index in [0.717, 1.165) is 23.5 Å². The highest BCUT2D eigenvalue weighted by Gasteiger charge is 2.38. The van der Waals surface area contributed by atoms with Crippen molar-refractivity contribution in [2.75, 3.05) is 11.5 Å². The summed E-state index contributed by atoms with van der Waals surface area (Å²) in [6.07, 6.45) is 2.75. The first-order valence-corrected chi connectivity index (χ1v) is 8.09. The molecule has 0 bridgehead atoms. The van der Waals surface area contributed by atoms with Gasteiger partial charge in [-0.05, 0) is 29.9 Å². The first-order valence-electron chi connectivity index (χ1n) is 6.12. The van der Waals surface area contributed by atoms with Crippen molar-refractivity contribution in [3.8, 4) is 0 Å². The number of ketones is 1. The monoisotopic (exact) mass is 266 g/mol. The third-order valence-corrected chi connectivity index (χ3v) is 6.71. The van der Waals surface area contributed by atoms with Crippen LogP contribution in [0.2, 0.25) is 0 Å². The number of Topliss-reactive ketones (excluding diaryl/α,β-unsaturated/α-hetero) is 1. The first kappa shape index (κ1) is 13.0. The van der Waals surface area contributed by atoms with E-state index in [1.807, 2.05) is 53.9 Å². The van der Waals surface area contributed by atoms with E-state index in [-0.39, 0.29) is 4.08 Å². The summed E-state index contributed by atoms with van der Waals surface area (Å²) < 4.78 is -0.173. The maximum Gasteiger partial charge on any atom is 0.163 e. The summed E-state index contributed by atoms with van der Waals surface area (Å²) in [7, 11) is 0. The number of carbonyl (C=O) groups is 1. The highest BCUT2D eigenvalue weighted by atomic mass is 32.2. The van der Waals surface area contributed by atoms with E-state index in [4.69, 9.17) is 0 Å². The molecule has 0 aliphatic carbocycles. The Bertz CT molecular complexity index is 369. The third-order valence-electron chi connectivity index (χ3n) is 3.06. The van der Waals surface area contributed by atoms with Crippen molar-refractivity contribution in [3.05, 3.63) is 35.9 Å². The van der Waals surface area contributed by atoms with E-state index in [2.05, 4.69) is 6.92 Å². The molecule has 1 aliphatic heterocycles. The molecule has 0 spiro atoms. The van der Waals surface area contributed by atoms with Crippen LogP contribution in [0.25, 0.3) is 0 Å². The zero-order valence-corrected chi connectivity index (χ0v) is 11.8. The Balaban J connectivity index is 2.07. The minimum atomic E-state index is -0.173. The Morgan fingerprint density at radius 2 is 1.88 bits per heavy atom. The predicted octanol–water partition coefficient (Wildman–Crippen LogP) is 3.77. The van der Waals surface area contributed by atoms with Crippen LogP contribution < -0.4 is 0 Å². The molecule has 1 aromatic carbocycles. The third kappa shape index (κ3) is 3.08. The highest BCUT2D eigenvalue weighted by molar-refractivity contribution is 8.19. The van der Waals surface area contributed by atoms with Gasteiger partial charge in [0.25, 0.3) is 0 Å². The van der Waals surface area contributed by atoms with Gasteiger partial charge in [0.15, 0.2) is 5.78 Å². The lowest BCUT2D eigenvalue weighted by atomic mass is 10.1. The Labute approximate surface area is 112 Å². The van der Waals surface area contributed by atoms with Crippen molar-refractivity contribution in [1.82, 2.24) is 0 Å². The first-order chi connectivity index (χ1) is 8.27. The highest BCUT2D eigenvalue weighted by Crippen LogP contribution is 2.45. The molecule has 0 aromatic heterocycles. The van der Waals surface area contributed by atoms with Gasteiger partial charge in [0.1, 0.15) is 4.08 Å². The van der Waals surface area contributed by atoms with Crippen molar-refractivity contribution in [2.24, 2.45) is 0 Å². The zero-order valence-electron chi connectivity index (χ0n) is 10.1. The van der Waals surface area contributed by atoms with E-state index in [1.165, 1.54) is 6.42 Å². The van der Waals surface area contributed by atoms with Gasteiger partial charge < -0.3 is 0 Å². The van der Waals surface area contributed by atoms with E-state index in [9.17, 15) is 4.79 Å². The van der Waals surface area contributed by atoms with Crippen LogP contribution in [-0.2, 0) is 11.2 Å². The zero-order chi connectivity index (χ0) is 12.1. The van der Waals surface area contributed by atoms with Gasteiger partial charge in [-0.1, -0.05) is 37.3 Å². The summed E-state index contributed by atoms with van der Waals surface area (Å²) in [6.45, 7) is 2.13. The summed E-state index contributed by atoms with van der Waals surface area (Å²) in [4.78, 5) is 12.5. The quantitative estimate of drug-likeness (QED) is 0.825. The molecule has 0 N–H and O–H groups in total. The molecule has 0 unspecified atom stereocenters. The number of benzene rings is 1.